The molecule has 0 radical (unpaired) electrons. The highest BCUT2D eigenvalue weighted by Gasteiger charge is 2.40. The maximum atomic E-state index is 16.7. The number of aromatic nitrogens is 5. The summed E-state index contributed by atoms with van der Waals surface area (Å²) in [6, 6.07) is 39.6. The summed E-state index contributed by atoms with van der Waals surface area (Å²) in [5.74, 6) is 1.25. The van der Waals surface area contributed by atoms with Crippen molar-refractivity contribution >= 4 is 43.6 Å². The van der Waals surface area contributed by atoms with Crippen LogP contribution < -0.4 is 0 Å². The molecule has 10 rings (SSSR count). The fourth-order valence-corrected chi connectivity index (χ4v) is 10.2. The molecule has 0 aliphatic rings. The van der Waals surface area contributed by atoms with Crippen LogP contribution in [0.15, 0.2) is 121 Å². The van der Waals surface area contributed by atoms with Crippen LogP contribution in [0.5, 0.6) is 0 Å². The molecule has 0 amide bonds. The molecule has 0 fully saturated rings. The van der Waals surface area contributed by atoms with E-state index in [1.54, 1.807) is 35.1 Å². The molecule has 8 heteroatoms. The van der Waals surface area contributed by atoms with Gasteiger partial charge in [-0.1, -0.05) is 96.1 Å². The lowest BCUT2D eigenvalue weighted by molar-refractivity contribution is -0.137. The first kappa shape index (κ1) is 39.1. The third-order valence-corrected chi connectivity index (χ3v) is 12.3. The average molecular weight is 820 g/mol. The van der Waals surface area contributed by atoms with E-state index in [2.05, 4.69) is 82.9 Å². The molecular formula is C54H44F3N5. The fourth-order valence-electron chi connectivity index (χ4n) is 10.2. The fraction of sp³-hybridized carbons (Fsp3) is 0.167. The summed E-state index contributed by atoms with van der Waals surface area (Å²) >= 11 is 0. The molecule has 0 aliphatic heterocycles. The summed E-state index contributed by atoms with van der Waals surface area (Å²) in [5, 5.41) is 3.40. The van der Waals surface area contributed by atoms with Crippen molar-refractivity contribution in [3.63, 3.8) is 0 Å². The summed E-state index contributed by atoms with van der Waals surface area (Å²) in [4.78, 5) is 13.9. The minimum absolute atomic E-state index is 0.0197. The molecule has 3 aromatic heterocycles. The van der Waals surface area contributed by atoms with Crippen LogP contribution in [0.3, 0.4) is 0 Å². The van der Waals surface area contributed by atoms with Crippen molar-refractivity contribution < 1.29 is 13.2 Å². The van der Waals surface area contributed by atoms with Crippen LogP contribution in [0, 0.1) is 55.4 Å². The third-order valence-electron chi connectivity index (χ3n) is 12.3. The summed E-state index contributed by atoms with van der Waals surface area (Å²) in [6.45, 7) is 16.0. The van der Waals surface area contributed by atoms with Crippen molar-refractivity contribution in [2.45, 2.75) is 61.6 Å². The van der Waals surface area contributed by atoms with Crippen molar-refractivity contribution in [1.29, 1.82) is 0 Å². The first-order valence-corrected chi connectivity index (χ1v) is 20.8. The standard InChI is InChI=1S/C54H44F3N5/c1-29-21-31(3)50(32(4)22-29)37-17-19-42-40-13-9-11-15-44(40)61(46(42)25-37)48-27-39(53-59-35(7)58-36(8)60-53)28-49(52(48)54(55,56)57)62-45-16-12-10-14-41(45)43-20-18-38(26-47(43)62)51-33(5)23-30(2)24-34(51)6/h9-28H,1-8H3. The second-order valence-corrected chi connectivity index (χ2v) is 16.9. The van der Waals surface area contributed by atoms with E-state index in [9.17, 15) is 0 Å². The van der Waals surface area contributed by atoms with Crippen molar-refractivity contribution in [1.82, 2.24) is 24.1 Å². The molecule has 7 aromatic carbocycles. The van der Waals surface area contributed by atoms with Crippen LogP contribution in [-0.4, -0.2) is 24.1 Å². The minimum atomic E-state index is -4.81. The van der Waals surface area contributed by atoms with Gasteiger partial charge in [0.25, 0.3) is 0 Å². The number of nitrogens with zero attached hydrogens (tertiary/aromatic N) is 5. The first-order chi connectivity index (χ1) is 29.7. The van der Waals surface area contributed by atoms with Gasteiger partial charge >= 0.3 is 6.18 Å². The lowest BCUT2D eigenvalue weighted by atomic mass is 9.93. The van der Waals surface area contributed by atoms with E-state index >= 15 is 13.2 Å². The van der Waals surface area contributed by atoms with Gasteiger partial charge in [0.2, 0.25) is 0 Å². The highest BCUT2D eigenvalue weighted by Crippen LogP contribution is 2.47. The number of hydrogen-bond acceptors (Lipinski definition) is 3. The Morgan fingerprint density at radius 1 is 0.403 bits per heavy atom. The molecule has 10 aromatic rings. The molecule has 5 nitrogen and oxygen atoms in total. The van der Waals surface area contributed by atoms with Gasteiger partial charge in [0.1, 0.15) is 17.2 Å². The predicted molar refractivity (Wildman–Crippen MR) is 248 cm³/mol. The predicted octanol–water partition coefficient (Wildman–Crippen LogP) is 14.6. The number of aryl methyl sites for hydroxylation is 8. The van der Waals surface area contributed by atoms with E-state index in [0.717, 1.165) is 77.2 Å². The molecule has 0 bridgehead atoms. The Morgan fingerprint density at radius 2 is 0.790 bits per heavy atom. The van der Waals surface area contributed by atoms with Gasteiger partial charge in [0, 0.05) is 27.1 Å². The zero-order valence-electron chi connectivity index (χ0n) is 35.9. The SMILES string of the molecule is Cc1cc(C)c(-c2ccc3c4ccccc4n(-c4cc(-c5nc(C)nc(C)n5)cc(-n5c6ccccc6c6ccc(-c7c(C)cc(C)cc7C)cc65)c4C(F)(F)F)c3c2)c(C)c1. The molecule has 0 saturated heterocycles. The van der Waals surface area contributed by atoms with Gasteiger partial charge in [-0.3, -0.25) is 0 Å². The largest absolute Gasteiger partial charge is 0.420 e. The molecular weight excluding hydrogens is 776 g/mol. The normalized spacial score (nSPS) is 12.1. The Balaban J connectivity index is 1.38. The van der Waals surface area contributed by atoms with Gasteiger partial charge in [0.15, 0.2) is 5.82 Å². The molecule has 306 valence electrons. The average Bonchev–Trinajstić information content (AvgIpc) is 3.71. The molecule has 0 unspecified atom stereocenters. The number of fused-ring (bicyclic) bond motifs is 6. The number of rotatable bonds is 5. The quantitative estimate of drug-likeness (QED) is 0.174. The van der Waals surface area contributed by atoms with Gasteiger partial charge in [-0.05, 0) is 136 Å². The van der Waals surface area contributed by atoms with E-state index in [0.29, 0.717) is 45.1 Å². The molecule has 0 aliphatic carbocycles. The molecule has 0 saturated carbocycles. The van der Waals surface area contributed by atoms with Gasteiger partial charge in [0.05, 0.1) is 33.4 Å². The Kier molecular flexibility index (Phi) is 9.00. The van der Waals surface area contributed by atoms with E-state index < -0.39 is 11.7 Å². The zero-order valence-corrected chi connectivity index (χ0v) is 35.9. The highest BCUT2D eigenvalue weighted by molar-refractivity contribution is 6.12. The number of alkyl halides is 3. The minimum Gasteiger partial charge on any atom is -0.309 e. The molecule has 0 atom stereocenters. The second kappa shape index (κ2) is 14.3. The third kappa shape index (κ3) is 6.27. The lowest BCUT2D eigenvalue weighted by Gasteiger charge is -2.23. The molecule has 0 N–H and O–H groups in total. The Bertz CT molecular complexity index is 3230. The number of para-hydroxylation sites is 2. The van der Waals surface area contributed by atoms with Crippen molar-refractivity contribution in [2.24, 2.45) is 0 Å². The van der Waals surface area contributed by atoms with Crippen molar-refractivity contribution in [2.75, 3.05) is 0 Å². The summed E-state index contributed by atoms with van der Waals surface area (Å²) < 4.78 is 53.6. The Labute approximate surface area is 358 Å². The van der Waals surface area contributed by atoms with Crippen LogP contribution in [0.1, 0.15) is 50.6 Å². The van der Waals surface area contributed by atoms with Crippen molar-refractivity contribution in [3.05, 3.63) is 172 Å². The van der Waals surface area contributed by atoms with Crippen LogP contribution in [0.4, 0.5) is 13.2 Å². The smallest absolute Gasteiger partial charge is 0.309 e. The highest BCUT2D eigenvalue weighted by atomic mass is 19.4. The molecule has 3 heterocycles. The van der Waals surface area contributed by atoms with Crippen molar-refractivity contribution in [3.8, 4) is 45.0 Å². The van der Waals surface area contributed by atoms with E-state index in [4.69, 9.17) is 9.97 Å². The molecule has 62 heavy (non-hydrogen) atoms. The van der Waals surface area contributed by atoms with Crippen LogP contribution in [0.25, 0.3) is 88.6 Å². The van der Waals surface area contributed by atoms with E-state index in [1.165, 1.54) is 0 Å². The Hall–Kier alpha value is -7.06. The summed E-state index contributed by atoms with van der Waals surface area (Å²) in [5.41, 5.74) is 13.0. The van der Waals surface area contributed by atoms with Gasteiger partial charge < -0.3 is 9.13 Å². The number of halogens is 3. The number of hydrogen-bond donors (Lipinski definition) is 0. The van der Waals surface area contributed by atoms with Gasteiger partial charge in [-0.15, -0.1) is 0 Å². The van der Waals surface area contributed by atoms with Gasteiger partial charge in [-0.25, -0.2) is 15.0 Å². The number of benzene rings is 7. The monoisotopic (exact) mass is 819 g/mol. The van der Waals surface area contributed by atoms with Crippen LogP contribution >= 0.6 is 0 Å². The maximum absolute atomic E-state index is 16.7. The zero-order chi connectivity index (χ0) is 43.4. The van der Waals surface area contributed by atoms with Gasteiger partial charge in [-0.2, -0.15) is 13.2 Å². The maximum Gasteiger partial charge on any atom is 0.420 e. The van der Waals surface area contributed by atoms with Crippen LogP contribution in [-0.2, 0) is 6.18 Å². The topological polar surface area (TPSA) is 48.5 Å². The summed E-state index contributed by atoms with van der Waals surface area (Å²) in [6.07, 6.45) is -4.81. The lowest BCUT2D eigenvalue weighted by Crippen LogP contribution is -2.16. The molecule has 0 spiro atoms. The first-order valence-electron chi connectivity index (χ1n) is 20.8. The van der Waals surface area contributed by atoms with E-state index in [1.807, 2.05) is 72.8 Å². The van der Waals surface area contributed by atoms with E-state index in [-0.39, 0.29) is 11.4 Å². The summed E-state index contributed by atoms with van der Waals surface area (Å²) in [7, 11) is 0. The Morgan fingerprint density at radius 3 is 1.19 bits per heavy atom. The second-order valence-electron chi connectivity index (χ2n) is 16.9. The van der Waals surface area contributed by atoms with Crippen LogP contribution in [0.2, 0.25) is 0 Å².